The number of carbonyl (C=O) groups excluding carboxylic acids is 3. The lowest BCUT2D eigenvalue weighted by atomic mass is 10.1. The summed E-state index contributed by atoms with van der Waals surface area (Å²) in [5, 5.41) is 0. The fourth-order valence-corrected chi connectivity index (χ4v) is 3.10. The van der Waals surface area contributed by atoms with Crippen LogP contribution in [0.25, 0.3) is 0 Å². The second-order valence-corrected chi connectivity index (χ2v) is 6.52. The molecular weight excluding hydrogens is 326 g/mol. The minimum absolute atomic E-state index is 0.00889. The summed E-state index contributed by atoms with van der Waals surface area (Å²) in [5.74, 6) is -0.206. The van der Waals surface area contributed by atoms with E-state index in [9.17, 15) is 14.4 Å². The Bertz CT molecular complexity index is 718. The van der Waals surface area contributed by atoms with Crippen LogP contribution in [0.3, 0.4) is 0 Å². The fraction of sp³-hybridized carbons (Fsp3) is 0.471. The van der Waals surface area contributed by atoms with Crippen molar-refractivity contribution in [1.29, 1.82) is 0 Å². The lowest BCUT2D eigenvalue weighted by molar-refractivity contribution is -0.136. The third-order valence-electron chi connectivity index (χ3n) is 4.63. The molecule has 1 aliphatic carbocycles. The molecule has 8 nitrogen and oxygen atoms in total. The Morgan fingerprint density at radius 3 is 2.56 bits per heavy atom. The first-order chi connectivity index (χ1) is 12.1. The topological polar surface area (TPSA) is 97.0 Å². The highest BCUT2D eigenvalue weighted by atomic mass is 16.6. The van der Waals surface area contributed by atoms with Gasteiger partial charge in [-0.25, -0.2) is 0 Å². The third kappa shape index (κ3) is 3.24. The standard InChI is InChI=1S/C17H19N3O5/c21-15-7-10(8-20(15)11-5-6-11)16(22)18-19-17(23)14-9-24-12-3-1-2-4-13(12)25-14/h1-4,10-11,14H,5-9H2,(H,18,22)(H,19,23)/t10-,14+/m1/s1. The molecule has 2 fully saturated rings. The number of ether oxygens (including phenoxy) is 2. The van der Waals surface area contributed by atoms with Crippen molar-refractivity contribution >= 4 is 17.7 Å². The number of hydrogen-bond acceptors (Lipinski definition) is 5. The van der Waals surface area contributed by atoms with Gasteiger partial charge >= 0.3 is 0 Å². The molecule has 25 heavy (non-hydrogen) atoms. The minimum Gasteiger partial charge on any atom is -0.485 e. The first-order valence-electron chi connectivity index (χ1n) is 8.39. The molecule has 1 saturated heterocycles. The molecule has 2 N–H and O–H groups in total. The number of carbonyl (C=O) groups is 3. The maximum absolute atomic E-state index is 12.2. The Hall–Kier alpha value is -2.77. The summed E-state index contributed by atoms with van der Waals surface area (Å²) in [5.41, 5.74) is 4.75. The van der Waals surface area contributed by atoms with Gasteiger partial charge in [0.05, 0.1) is 5.92 Å². The van der Waals surface area contributed by atoms with Gasteiger partial charge in [-0.05, 0) is 25.0 Å². The predicted octanol–water partition coefficient (Wildman–Crippen LogP) is -0.0153. The van der Waals surface area contributed by atoms with Gasteiger partial charge in [0, 0.05) is 19.0 Å². The number of rotatable bonds is 3. The monoisotopic (exact) mass is 345 g/mol. The van der Waals surface area contributed by atoms with Crippen LogP contribution in [0.2, 0.25) is 0 Å². The zero-order valence-corrected chi connectivity index (χ0v) is 13.6. The lowest BCUT2D eigenvalue weighted by Crippen LogP contribution is -2.52. The number of fused-ring (bicyclic) bond motifs is 1. The molecule has 0 aromatic heterocycles. The van der Waals surface area contributed by atoms with E-state index in [-0.39, 0.29) is 24.8 Å². The molecule has 3 aliphatic rings. The van der Waals surface area contributed by atoms with Gasteiger partial charge in [0.1, 0.15) is 6.61 Å². The van der Waals surface area contributed by atoms with E-state index in [0.29, 0.717) is 24.1 Å². The molecule has 2 aliphatic heterocycles. The number of nitrogens with zero attached hydrogens (tertiary/aromatic N) is 1. The van der Waals surface area contributed by atoms with Crippen molar-refractivity contribution in [2.24, 2.45) is 5.92 Å². The first-order valence-corrected chi connectivity index (χ1v) is 8.39. The highest BCUT2D eigenvalue weighted by Gasteiger charge is 2.42. The Labute approximate surface area is 144 Å². The van der Waals surface area contributed by atoms with Crippen molar-refractivity contribution < 1.29 is 23.9 Å². The fourth-order valence-electron chi connectivity index (χ4n) is 3.10. The van der Waals surface area contributed by atoms with Crippen LogP contribution in [0.1, 0.15) is 19.3 Å². The molecular formula is C17H19N3O5. The zero-order valence-electron chi connectivity index (χ0n) is 13.6. The molecule has 1 aromatic rings. The number of hydrogen-bond donors (Lipinski definition) is 2. The molecule has 0 radical (unpaired) electrons. The van der Waals surface area contributed by atoms with Gasteiger partial charge in [-0.1, -0.05) is 12.1 Å². The Morgan fingerprint density at radius 1 is 1.08 bits per heavy atom. The molecule has 132 valence electrons. The summed E-state index contributed by atoms with van der Waals surface area (Å²) in [7, 11) is 0. The number of likely N-dealkylation sites (tertiary alicyclic amines) is 1. The summed E-state index contributed by atoms with van der Waals surface area (Å²) in [6.07, 6.45) is 1.37. The van der Waals surface area contributed by atoms with Crippen molar-refractivity contribution in [3.63, 3.8) is 0 Å². The largest absolute Gasteiger partial charge is 0.485 e. The highest BCUT2D eigenvalue weighted by molar-refractivity contribution is 5.91. The van der Waals surface area contributed by atoms with Crippen LogP contribution in [0, 0.1) is 5.92 Å². The molecule has 0 unspecified atom stereocenters. The molecule has 1 saturated carbocycles. The van der Waals surface area contributed by atoms with E-state index >= 15 is 0 Å². The van der Waals surface area contributed by atoms with Crippen LogP contribution < -0.4 is 20.3 Å². The van der Waals surface area contributed by atoms with Crippen LogP contribution in [0.4, 0.5) is 0 Å². The number of hydrazine groups is 1. The van der Waals surface area contributed by atoms with Crippen LogP contribution >= 0.6 is 0 Å². The summed E-state index contributed by atoms with van der Waals surface area (Å²) in [4.78, 5) is 38.0. The van der Waals surface area contributed by atoms with E-state index in [1.807, 2.05) is 6.07 Å². The van der Waals surface area contributed by atoms with E-state index in [4.69, 9.17) is 9.47 Å². The maximum Gasteiger partial charge on any atom is 0.283 e. The smallest absolute Gasteiger partial charge is 0.283 e. The van der Waals surface area contributed by atoms with Crippen LogP contribution in [-0.4, -0.2) is 47.9 Å². The van der Waals surface area contributed by atoms with Gasteiger partial charge in [-0.3, -0.25) is 25.2 Å². The van der Waals surface area contributed by atoms with Gasteiger partial charge in [0.2, 0.25) is 17.9 Å². The van der Waals surface area contributed by atoms with Crippen LogP contribution in [-0.2, 0) is 14.4 Å². The number of amides is 3. The maximum atomic E-state index is 12.2. The average Bonchev–Trinajstić information content (AvgIpc) is 3.40. The summed E-state index contributed by atoms with van der Waals surface area (Å²) < 4.78 is 11.0. The zero-order chi connectivity index (χ0) is 17.4. The van der Waals surface area contributed by atoms with Crippen LogP contribution in [0.15, 0.2) is 24.3 Å². The Morgan fingerprint density at radius 2 is 1.80 bits per heavy atom. The quantitative estimate of drug-likeness (QED) is 0.751. The third-order valence-corrected chi connectivity index (χ3v) is 4.63. The molecule has 4 rings (SSSR count). The van der Waals surface area contributed by atoms with E-state index in [1.54, 1.807) is 23.1 Å². The Kier molecular flexibility index (Phi) is 3.95. The number of para-hydroxylation sites is 2. The van der Waals surface area contributed by atoms with Crippen molar-refractivity contribution in [2.75, 3.05) is 13.2 Å². The van der Waals surface area contributed by atoms with Crippen molar-refractivity contribution in [2.45, 2.75) is 31.4 Å². The van der Waals surface area contributed by atoms with Crippen molar-refractivity contribution in [3.05, 3.63) is 24.3 Å². The average molecular weight is 345 g/mol. The van der Waals surface area contributed by atoms with Crippen molar-refractivity contribution in [1.82, 2.24) is 15.8 Å². The van der Waals surface area contributed by atoms with Gasteiger partial charge in [0.25, 0.3) is 5.91 Å². The van der Waals surface area contributed by atoms with Gasteiger partial charge < -0.3 is 14.4 Å². The normalized spacial score (nSPS) is 24.8. The summed E-state index contributed by atoms with van der Waals surface area (Å²) in [6.45, 7) is 0.484. The van der Waals surface area contributed by atoms with E-state index in [1.165, 1.54) is 0 Å². The van der Waals surface area contributed by atoms with Gasteiger partial charge in [-0.15, -0.1) is 0 Å². The second kappa shape index (κ2) is 6.27. The highest BCUT2D eigenvalue weighted by Crippen LogP contribution is 2.33. The van der Waals surface area contributed by atoms with Crippen LogP contribution in [0.5, 0.6) is 11.5 Å². The SMILES string of the molecule is O=C(NNC(=O)[C@@H]1COc2ccccc2O1)[C@@H]1CC(=O)N(C2CC2)C1. The molecule has 2 heterocycles. The second-order valence-electron chi connectivity index (χ2n) is 6.52. The van der Waals surface area contributed by atoms with E-state index < -0.39 is 17.9 Å². The molecule has 8 heteroatoms. The molecule has 2 atom stereocenters. The summed E-state index contributed by atoms with van der Waals surface area (Å²) >= 11 is 0. The predicted molar refractivity (Wildman–Crippen MR) is 85.5 cm³/mol. The minimum atomic E-state index is -0.844. The lowest BCUT2D eigenvalue weighted by Gasteiger charge is -2.25. The van der Waals surface area contributed by atoms with Gasteiger partial charge in [0.15, 0.2) is 11.5 Å². The van der Waals surface area contributed by atoms with E-state index in [0.717, 1.165) is 12.8 Å². The van der Waals surface area contributed by atoms with Gasteiger partial charge in [-0.2, -0.15) is 0 Å². The first kappa shape index (κ1) is 15.7. The van der Waals surface area contributed by atoms with E-state index in [2.05, 4.69) is 10.9 Å². The molecule has 0 spiro atoms. The van der Waals surface area contributed by atoms with Crippen molar-refractivity contribution in [3.8, 4) is 11.5 Å². The number of nitrogens with one attached hydrogen (secondary N) is 2. The Balaban J connectivity index is 1.28. The molecule has 3 amide bonds. The molecule has 1 aromatic carbocycles. The number of benzene rings is 1. The summed E-state index contributed by atoms with van der Waals surface area (Å²) in [6, 6.07) is 7.37. The molecule has 0 bridgehead atoms.